The van der Waals surface area contributed by atoms with E-state index in [0.29, 0.717) is 6.54 Å². The van der Waals surface area contributed by atoms with Crippen molar-refractivity contribution in [1.82, 2.24) is 5.32 Å². The van der Waals surface area contributed by atoms with Gasteiger partial charge in [-0.3, -0.25) is 4.79 Å². The van der Waals surface area contributed by atoms with Crippen LogP contribution in [0.15, 0.2) is 42.5 Å². The molecule has 3 rings (SSSR count). The van der Waals surface area contributed by atoms with Gasteiger partial charge in [0.15, 0.2) is 0 Å². The summed E-state index contributed by atoms with van der Waals surface area (Å²) in [6, 6.07) is 10.8. The van der Waals surface area contributed by atoms with Gasteiger partial charge < -0.3 is 10.2 Å². The van der Waals surface area contributed by atoms with Crippen molar-refractivity contribution in [1.29, 1.82) is 0 Å². The van der Waals surface area contributed by atoms with Crippen LogP contribution in [0.4, 0.5) is 14.5 Å². The lowest BCUT2D eigenvalue weighted by Gasteiger charge is -2.24. The van der Waals surface area contributed by atoms with Crippen LogP contribution in [0.2, 0.25) is 0 Å². The summed E-state index contributed by atoms with van der Waals surface area (Å²) in [5, 5.41) is 2.85. The molecular formula is C19H20F2N2O. The Morgan fingerprint density at radius 3 is 2.58 bits per heavy atom. The predicted molar refractivity (Wildman–Crippen MR) is 89.8 cm³/mol. The van der Waals surface area contributed by atoms with E-state index in [0.717, 1.165) is 42.6 Å². The summed E-state index contributed by atoms with van der Waals surface area (Å²) in [5.41, 5.74) is 2.74. The van der Waals surface area contributed by atoms with Gasteiger partial charge in [-0.1, -0.05) is 12.1 Å². The molecule has 0 fully saturated rings. The van der Waals surface area contributed by atoms with Crippen LogP contribution in [0.3, 0.4) is 0 Å². The second kappa shape index (κ2) is 7.43. The fourth-order valence-electron chi connectivity index (χ4n) is 3.00. The molecule has 0 saturated heterocycles. The Morgan fingerprint density at radius 2 is 1.79 bits per heavy atom. The van der Waals surface area contributed by atoms with Gasteiger partial charge in [-0.2, -0.15) is 0 Å². The average Bonchev–Trinajstić information content (AvgIpc) is 2.76. The average molecular weight is 330 g/mol. The minimum Gasteiger partial charge on any atom is -0.362 e. The van der Waals surface area contributed by atoms with E-state index in [1.807, 2.05) is 4.90 Å². The molecule has 1 amide bonds. The first-order valence-corrected chi connectivity index (χ1v) is 8.16. The van der Waals surface area contributed by atoms with E-state index in [4.69, 9.17) is 0 Å². The summed E-state index contributed by atoms with van der Waals surface area (Å²) in [5.74, 6) is -0.633. The Hall–Kier alpha value is -2.43. The quantitative estimate of drug-likeness (QED) is 0.931. The highest BCUT2D eigenvalue weighted by atomic mass is 19.1. The van der Waals surface area contributed by atoms with Crippen LogP contribution >= 0.6 is 0 Å². The molecule has 1 aliphatic rings. The highest BCUT2D eigenvalue weighted by molar-refractivity contribution is 5.81. The number of carbonyl (C=O) groups excluding carboxylic acids is 1. The Bertz CT molecular complexity index is 716. The van der Waals surface area contributed by atoms with Crippen LogP contribution in [-0.2, 0) is 17.8 Å². The van der Waals surface area contributed by atoms with Crippen LogP contribution in [0.1, 0.15) is 24.0 Å². The molecule has 0 aromatic heterocycles. The summed E-state index contributed by atoms with van der Waals surface area (Å²) in [6.07, 6.45) is 2.80. The van der Waals surface area contributed by atoms with E-state index in [2.05, 4.69) is 5.32 Å². The van der Waals surface area contributed by atoms with E-state index >= 15 is 0 Å². The first-order valence-electron chi connectivity index (χ1n) is 8.16. The largest absolute Gasteiger partial charge is 0.362 e. The minimum atomic E-state index is -0.293. The maximum atomic E-state index is 13.4. The van der Waals surface area contributed by atoms with Crippen molar-refractivity contribution in [3.63, 3.8) is 0 Å². The summed E-state index contributed by atoms with van der Waals surface area (Å²) >= 11 is 0. The molecule has 0 radical (unpaired) electrons. The topological polar surface area (TPSA) is 32.3 Å². The molecule has 0 bridgehead atoms. The Morgan fingerprint density at radius 1 is 1.04 bits per heavy atom. The standard InChI is InChI=1S/C19H20F2N2O/c20-16-6-4-14(5-7-16)12-22-19(24)13-23-10-2-1-3-15-11-17(21)8-9-18(15)23/h4-9,11H,1-3,10,12-13H2,(H,22,24). The number of nitrogens with zero attached hydrogens (tertiary/aromatic N) is 1. The van der Waals surface area contributed by atoms with Gasteiger partial charge in [0.1, 0.15) is 11.6 Å². The van der Waals surface area contributed by atoms with Gasteiger partial charge in [0.25, 0.3) is 0 Å². The number of anilines is 1. The molecule has 24 heavy (non-hydrogen) atoms. The van der Waals surface area contributed by atoms with Gasteiger partial charge in [-0.25, -0.2) is 8.78 Å². The highest BCUT2D eigenvalue weighted by Gasteiger charge is 2.18. The SMILES string of the molecule is O=C(CN1CCCCc2cc(F)ccc21)NCc1ccc(F)cc1. The smallest absolute Gasteiger partial charge is 0.239 e. The molecule has 2 aromatic rings. The number of aryl methyl sites for hydroxylation is 1. The third-order valence-corrected chi connectivity index (χ3v) is 4.24. The Balaban J connectivity index is 1.62. The normalized spacial score (nSPS) is 14.0. The van der Waals surface area contributed by atoms with Gasteiger partial charge in [0, 0.05) is 18.8 Å². The van der Waals surface area contributed by atoms with Crippen LogP contribution in [0, 0.1) is 11.6 Å². The van der Waals surface area contributed by atoms with E-state index < -0.39 is 0 Å². The van der Waals surface area contributed by atoms with Gasteiger partial charge in [-0.05, 0) is 60.7 Å². The Kier molecular flexibility index (Phi) is 5.08. The van der Waals surface area contributed by atoms with Gasteiger partial charge in [0.05, 0.1) is 6.54 Å². The first-order chi connectivity index (χ1) is 11.6. The zero-order valence-corrected chi connectivity index (χ0v) is 13.4. The molecule has 126 valence electrons. The number of halogens is 2. The molecule has 1 N–H and O–H groups in total. The van der Waals surface area contributed by atoms with E-state index in [-0.39, 0.29) is 24.1 Å². The molecule has 0 aliphatic carbocycles. The van der Waals surface area contributed by atoms with Crippen molar-refractivity contribution in [3.05, 3.63) is 65.2 Å². The second-order valence-electron chi connectivity index (χ2n) is 6.05. The zero-order chi connectivity index (χ0) is 16.9. The number of amides is 1. The predicted octanol–water partition coefficient (Wildman–Crippen LogP) is 3.42. The van der Waals surface area contributed by atoms with Gasteiger partial charge in [-0.15, -0.1) is 0 Å². The van der Waals surface area contributed by atoms with Crippen molar-refractivity contribution in [2.75, 3.05) is 18.0 Å². The number of hydrogen-bond donors (Lipinski definition) is 1. The van der Waals surface area contributed by atoms with E-state index in [1.54, 1.807) is 24.3 Å². The third kappa shape index (κ3) is 4.10. The van der Waals surface area contributed by atoms with E-state index in [9.17, 15) is 13.6 Å². The van der Waals surface area contributed by atoms with Crippen molar-refractivity contribution < 1.29 is 13.6 Å². The van der Waals surface area contributed by atoms with Crippen molar-refractivity contribution in [3.8, 4) is 0 Å². The molecule has 0 spiro atoms. The lowest BCUT2D eigenvalue weighted by Crippen LogP contribution is -2.37. The number of hydrogen-bond acceptors (Lipinski definition) is 2. The lowest BCUT2D eigenvalue weighted by molar-refractivity contribution is -0.119. The molecule has 2 aromatic carbocycles. The molecule has 0 unspecified atom stereocenters. The molecule has 1 heterocycles. The number of benzene rings is 2. The number of rotatable bonds is 4. The zero-order valence-electron chi connectivity index (χ0n) is 13.4. The molecule has 5 heteroatoms. The Labute approximate surface area is 140 Å². The van der Waals surface area contributed by atoms with Crippen LogP contribution in [0.5, 0.6) is 0 Å². The molecular weight excluding hydrogens is 310 g/mol. The molecule has 0 atom stereocenters. The van der Waals surface area contributed by atoms with Crippen LogP contribution in [0.25, 0.3) is 0 Å². The van der Waals surface area contributed by atoms with E-state index in [1.165, 1.54) is 18.2 Å². The summed E-state index contributed by atoms with van der Waals surface area (Å²) in [7, 11) is 0. The molecule has 1 aliphatic heterocycles. The lowest BCUT2D eigenvalue weighted by atomic mass is 10.1. The van der Waals surface area contributed by atoms with Crippen LogP contribution < -0.4 is 10.2 Å². The second-order valence-corrected chi connectivity index (χ2v) is 6.05. The minimum absolute atomic E-state index is 0.100. The van der Waals surface area contributed by atoms with Crippen molar-refractivity contribution >= 4 is 11.6 Å². The molecule has 0 saturated carbocycles. The first kappa shape index (κ1) is 16.4. The van der Waals surface area contributed by atoms with Crippen LogP contribution in [-0.4, -0.2) is 19.0 Å². The van der Waals surface area contributed by atoms with Gasteiger partial charge >= 0.3 is 0 Å². The fourth-order valence-corrected chi connectivity index (χ4v) is 3.00. The van der Waals surface area contributed by atoms with Crippen molar-refractivity contribution in [2.24, 2.45) is 0 Å². The van der Waals surface area contributed by atoms with Crippen molar-refractivity contribution in [2.45, 2.75) is 25.8 Å². The monoisotopic (exact) mass is 330 g/mol. The highest BCUT2D eigenvalue weighted by Crippen LogP contribution is 2.26. The number of nitrogens with one attached hydrogen (secondary N) is 1. The summed E-state index contributed by atoms with van der Waals surface area (Å²) in [6.45, 7) is 1.38. The maximum absolute atomic E-state index is 13.4. The van der Waals surface area contributed by atoms with Gasteiger partial charge in [0.2, 0.25) is 5.91 Å². The number of carbonyl (C=O) groups is 1. The number of fused-ring (bicyclic) bond motifs is 1. The third-order valence-electron chi connectivity index (χ3n) is 4.24. The fraction of sp³-hybridized carbons (Fsp3) is 0.316. The maximum Gasteiger partial charge on any atom is 0.239 e. The summed E-state index contributed by atoms with van der Waals surface area (Å²) < 4.78 is 26.3. The molecule has 3 nitrogen and oxygen atoms in total. The summed E-state index contributed by atoms with van der Waals surface area (Å²) in [4.78, 5) is 14.2.